The molecule has 7 heteroatoms. The molecular formula is C14H16N2O3S2. The Morgan fingerprint density at radius 2 is 2.19 bits per heavy atom. The zero-order valence-electron chi connectivity index (χ0n) is 12.0. The number of carbonyl (C=O) groups excluding carboxylic acids is 1. The van der Waals surface area contributed by atoms with Crippen molar-refractivity contribution in [1.29, 1.82) is 0 Å². The Bertz CT molecular complexity index is 676. The minimum Gasteiger partial charge on any atom is -0.476 e. The molecule has 21 heavy (non-hydrogen) atoms. The van der Waals surface area contributed by atoms with Crippen molar-refractivity contribution in [3.63, 3.8) is 0 Å². The van der Waals surface area contributed by atoms with Gasteiger partial charge in [-0.3, -0.25) is 4.79 Å². The van der Waals surface area contributed by atoms with Crippen LogP contribution < -0.4 is 5.32 Å². The van der Waals surface area contributed by atoms with Gasteiger partial charge >= 0.3 is 5.97 Å². The number of carboxylic acid groups (broad SMARTS) is 1. The Morgan fingerprint density at radius 1 is 1.48 bits per heavy atom. The van der Waals surface area contributed by atoms with Crippen LogP contribution in [0.5, 0.6) is 0 Å². The first-order valence-corrected chi connectivity index (χ1v) is 8.20. The summed E-state index contributed by atoms with van der Waals surface area (Å²) in [6.45, 7) is 5.86. The standard InChI is InChI=1S/C14H16N2O3S2/c1-4-9-5-11(21-8(9)3)12(17)15-7(2)13-16-10(6-20-13)14(18)19/h5-7H,4H2,1-3H3,(H,15,17)(H,18,19). The van der Waals surface area contributed by atoms with Crippen LogP contribution in [0.25, 0.3) is 0 Å². The van der Waals surface area contributed by atoms with Gasteiger partial charge in [-0.1, -0.05) is 6.92 Å². The first kappa shape index (κ1) is 15.7. The van der Waals surface area contributed by atoms with Gasteiger partial charge in [-0.05, 0) is 31.9 Å². The van der Waals surface area contributed by atoms with Crippen LogP contribution in [0, 0.1) is 6.92 Å². The SMILES string of the molecule is CCc1cc(C(=O)NC(C)c2nc(C(=O)O)cs2)sc1C. The van der Waals surface area contributed by atoms with E-state index < -0.39 is 5.97 Å². The zero-order chi connectivity index (χ0) is 15.6. The molecule has 0 saturated heterocycles. The van der Waals surface area contributed by atoms with Crippen molar-refractivity contribution in [3.05, 3.63) is 37.5 Å². The number of thiazole rings is 1. The molecule has 0 aliphatic rings. The number of carboxylic acids is 1. The molecule has 0 aliphatic heterocycles. The Hall–Kier alpha value is -1.73. The number of amides is 1. The van der Waals surface area contributed by atoms with Gasteiger partial charge in [0.1, 0.15) is 5.01 Å². The van der Waals surface area contributed by atoms with Gasteiger partial charge in [-0.25, -0.2) is 9.78 Å². The number of nitrogens with zero attached hydrogens (tertiary/aromatic N) is 1. The van der Waals surface area contributed by atoms with Crippen LogP contribution in [0.3, 0.4) is 0 Å². The van der Waals surface area contributed by atoms with Crippen LogP contribution in [0.15, 0.2) is 11.4 Å². The molecule has 0 fully saturated rings. The molecule has 0 aromatic carbocycles. The molecule has 0 radical (unpaired) electrons. The third-order valence-corrected chi connectivity index (χ3v) is 5.20. The lowest BCUT2D eigenvalue weighted by molar-refractivity contribution is 0.0691. The van der Waals surface area contributed by atoms with E-state index in [-0.39, 0.29) is 17.6 Å². The van der Waals surface area contributed by atoms with Crippen molar-refractivity contribution in [2.45, 2.75) is 33.2 Å². The van der Waals surface area contributed by atoms with E-state index in [0.717, 1.165) is 11.3 Å². The number of hydrogen-bond donors (Lipinski definition) is 2. The Balaban J connectivity index is 2.08. The van der Waals surface area contributed by atoms with Gasteiger partial charge in [0.2, 0.25) is 0 Å². The second-order valence-electron chi connectivity index (χ2n) is 4.62. The molecule has 5 nitrogen and oxygen atoms in total. The third-order valence-electron chi connectivity index (χ3n) is 3.08. The maximum absolute atomic E-state index is 12.2. The number of nitrogens with one attached hydrogen (secondary N) is 1. The van der Waals surface area contributed by atoms with Crippen LogP contribution >= 0.6 is 22.7 Å². The topological polar surface area (TPSA) is 79.3 Å². The quantitative estimate of drug-likeness (QED) is 0.884. The summed E-state index contributed by atoms with van der Waals surface area (Å²) in [6.07, 6.45) is 0.902. The smallest absolute Gasteiger partial charge is 0.355 e. The number of aryl methyl sites for hydroxylation is 2. The highest BCUT2D eigenvalue weighted by molar-refractivity contribution is 7.14. The highest BCUT2D eigenvalue weighted by Crippen LogP contribution is 2.23. The van der Waals surface area contributed by atoms with E-state index in [0.29, 0.717) is 9.88 Å². The number of carbonyl (C=O) groups is 2. The van der Waals surface area contributed by atoms with Gasteiger partial charge in [0.15, 0.2) is 5.69 Å². The number of thiophene rings is 1. The van der Waals surface area contributed by atoms with Crippen molar-refractivity contribution in [2.75, 3.05) is 0 Å². The monoisotopic (exact) mass is 324 g/mol. The van der Waals surface area contributed by atoms with Gasteiger partial charge in [0, 0.05) is 10.3 Å². The van der Waals surface area contributed by atoms with Gasteiger partial charge in [-0.15, -0.1) is 22.7 Å². The van der Waals surface area contributed by atoms with Crippen molar-refractivity contribution in [3.8, 4) is 0 Å². The summed E-state index contributed by atoms with van der Waals surface area (Å²) < 4.78 is 0. The highest BCUT2D eigenvalue weighted by atomic mass is 32.1. The van der Waals surface area contributed by atoms with Gasteiger partial charge < -0.3 is 10.4 Å². The molecule has 0 saturated carbocycles. The molecule has 2 rings (SSSR count). The highest BCUT2D eigenvalue weighted by Gasteiger charge is 2.18. The maximum Gasteiger partial charge on any atom is 0.355 e. The molecule has 2 heterocycles. The molecule has 2 aromatic heterocycles. The number of rotatable bonds is 5. The predicted octanol–water partition coefficient (Wildman–Crippen LogP) is 3.26. The van der Waals surface area contributed by atoms with E-state index in [2.05, 4.69) is 17.2 Å². The molecular weight excluding hydrogens is 308 g/mol. The molecule has 1 atom stereocenters. The normalized spacial score (nSPS) is 12.1. The van der Waals surface area contributed by atoms with Crippen LogP contribution in [0.2, 0.25) is 0 Å². The summed E-state index contributed by atoms with van der Waals surface area (Å²) in [5, 5.41) is 13.8. The Labute approximate surface area is 130 Å². The van der Waals surface area contributed by atoms with Crippen molar-refractivity contribution < 1.29 is 14.7 Å². The minimum atomic E-state index is -1.06. The van der Waals surface area contributed by atoms with Crippen LogP contribution in [0.4, 0.5) is 0 Å². The van der Waals surface area contributed by atoms with E-state index in [9.17, 15) is 9.59 Å². The van der Waals surface area contributed by atoms with E-state index in [1.807, 2.05) is 13.0 Å². The summed E-state index contributed by atoms with van der Waals surface area (Å²) in [5.41, 5.74) is 1.19. The van der Waals surface area contributed by atoms with Crippen LogP contribution in [0.1, 0.15) is 55.5 Å². The number of aromatic nitrogens is 1. The lowest BCUT2D eigenvalue weighted by Gasteiger charge is -2.09. The predicted molar refractivity (Wildman–Crippen MR) is 83.4 cm³/mol. The third kappa shape index (κ3) is 3.48. The second kappa shape index (κ2) is 6.36. The van der Waals surface area contributed by atoms with Crippen molar-refractivity contribution >= 4 is 34.6 Å². The first-order chi connectivity index (χ1) is 9.92. The summed E-state index contributed by atoms with van der Waals surface area (Å²) in [5.74, 6) is -1.21. The summed E-state index contributed by atoms with van der Waals surface area (Å²) in [6, 6.07) is 1.59. The summed E-state index contributed by atoms with van der Waals surface area (Å²) in [7, 11) is 0. The van der Waals surface area contributed by atoms with E-state index >= 15 is 0 Å². The van der Waals surface area contributed by atoms with E-state index in [4.69, 9.17) is 5.11 Å². The van der Waals surface area contributed by atoms with Gasteiger partial charge in [0.25, 0.3) is 5.91 Å². The first-order valence-electron chi connectivity index (χ1n) is 6.51. The van der Waals surface area contributed by atoms with E-state index in [1.165, 1.54) is 33.6 Å². The molecule has 0 aliphatic carbocycles. The average molecular weight is 324 g/mol. The van der Waals surface area contributed by atoms with Crippen molar-refractivity contribution in [1.82, 2.24) is 10.3 Å². The number of hydrogen-bond acceptors (Lipinski definition) is 5. The second-order valence-corrected chi connectivity index (χ2v) is 6.76. The lowest BCUT2D eigenvalue weighted by Crippen LogP contribution is -2.25. The largest absolute Gasteiger partial charge is 0.476 e. The Kier molecular flexibility index (Phi) is 4.74. The molecule has 2 aromatic rings. The Morgan fingerprint density at radius 3 is 2.71 bits per heavy atom. The summed E-state index contributed by atoms with van der Waals surface area (Å²) >= 11 is 2.70. The zero-order valence-corrected chi connectivity index (χ0v) is 13.6. The minimum absolute atomic E-state index is 0.0105. The fourth-order valence-electron chi connectivity index (χ4n) is 1.90. The maximum atomic E-state index is 12.2. The van der Waals surface area contributed by atoms with Crippen molar-refractivity contribution in [2.24, 2.45) is 0 Å². The van der Waals surface area contributed by atoms with Crippen LogP contribution in [-0.2, 0) is 6.42 Å². The molecule has 0 bridgehead atoms. The molecule has 1 unspecified atom stereocenters. The van der Waals surface area contributed by atoms with E-state index in [1.54, 1.807) is 6.92 Å². The average Bonchev–Trinajstić information content (AvgIpc) is 3.04. The van der Waals surface area contributed by atoms with Gasteiger partial charge in [-0.2, -0.15) is 0 Å². The molecule has 0 spiro atoms. The lowest BCUT2D eigenvalue weighted by atomic mass is 10.2. The molecule has 1 amide bonds. The summed E-state index contributed by atoms with van der Waals surface area (Å²) in [4.78, 5) is 28.8. The fraction of sp³-hybridized carbons (Fsp3) is 0.357. The fourth-order valence-corrected chi connectivity index (χ4v) is 3.71. The van der Waals surface area contributed by atoms with Crippen LogP contribution in [-0.4, -0.2) is 22.0 Å². The van der Waals surface area contributed by atoms with Gasteiger partial charge in [0.05, 0.1) is 10.9 Å². The molecule has 112 valence electrons. The number of aromatic carboxylic acids is 1. The molecule has 2 N–H and O–H groups in total.